The predicted molar refractivity (Wildman–Crippen MR) is 66.6 cm³/mol. The number of aliphatic hydroxyl groups is 1. The summed E-state index contributed by atoms with van der Waals surface area (Å²) in [7, 11) is 0. The van der Waals surface area contributed by atoms with Crippen LogP contribution in [0.15, 0.2) is 0 Å². The van der Waals surface area contributed by atoms with Crippen molar-refractivity contribution in [2.75, 3.05) is 26.4 Å². The van der Waals surface area contributed by atoms with Crippen molar-refractivity contribution in [3.8, 4) is 0 Å². The van der Waals surface area contributed by atoms with E-state index in [1.54, 1.807) is 27.7 Å². The first kappa shape index (κ1) is 18.7. The fraction of sp³-hybridized carbons (Fsp3) is 1.00. The quantitative estimate of drug-likeness (QED) is 0.466. The molecule has 0 fully saturated rings. The summed E-state index contributed by atoms with van der Waals surface area (Å²) < 4.78 is 21.0. The zero-order valence-electron chi connectivity index (χ0n) is 9.99. The van der Waals surface area contributed by atoms with Gasteiger partial charge in [-0.1, -0.05) is 0 Å². The molecule has 0 saturated carbocycles. The van der Waals surface area contributed by atoms with Gasteiger partial charge in [-0.25, -0.2) is 0 Å². The molecule has 16 heavy (non-hydrogen) atoms. The molecule has 0 heterocycles. The van der Waals surface area contributed by atoms with E-state index in [0.717, 1.165) is 0 Å². The molecule has 6 heteroatoms. The van der Waals surface area contributed by atoms with Gasteiger partial charge in [-0.3, -0.25) is 0 Å². The van der Waals surface area contributed by atoms with Crippen LogP contribution in [0.2, 0.25) is 0 Å². The van der Waals surface area contributed by atoms with Crippen molar-refractivity contribution < 1.29 is 24.1 Å². The SMILES string of the molecule is CCOC(O)C(OCC)(OCC)OCC.[GeH4]. The van der Waals surface area contributed by atoms with E-state index in [4.69, 9.17) is 18.9 Å². The summed E-state index contributed by atoms with van der Waals surface area (Å²) in [5.74, 6) is -1.51. The summed E-state index contributed by atoms with van der Waals surface area (Å²) in [4.78, 5) is 0. The van der Waals surface area contributed by atoms with Crippen LogP contribution in [-0.4, -0.2) is 61.4 Å². The Hall–Kier alpha value is 0.343. The van der Waals surface area contributed by atoms with Gasteiger partial charge in [0.15, 0.2) is 0 Å². The van der Waals surface area contributed by atoms with Crippen molar-refractivity contribution in [3.05, 3.63) is 0 Å². The van der Waals surface area contributed by atoms with Crippen molar-refractivity contribution in [2.24, 2.45) is 0 Å². The minimum absolute atomic E-state index is 0. The van der Waals surface area contributed by atoms with Crippen molar-refractivity contribution in [1.82, 2.24) is 0 Å². The zero-order valence-corrected chi connectivity index (χ0v) is 9.99. The van der Waals surface area contributed by atoms with Gasteiger partial charge in [0.05, 0.1) is 0 Å². The van der Waals surface area contributed by atoms with Crippen LogP contribution in [0.5, 0.6) is 0 Å². The van der Waals surface area contributed by atoms with E-state index >= 15 is 0 Å². The van der Waals surface area contributed by atoms with Crippen LogP contribution in [0, 0.1) is 0 Å². The molecule has 0 aliphatic rings. The molecule has 0 saturated heterocycles. The summed E-state index contributed by atoms with van der Waals surface area (Å²) >= 11 is 0. The summed E-state index contributed by atoms with van der Waals surface area (Å²) in [6.07, 6.45) is -1.25. The third-order valence-corrected chi connectivity index (χ3v) is 1.66. The van der Waals surface area contributed by atoms with E-state index < -0.39 is 12.3 Å². The Labute approximate surface area is 108 Å². The Balaban J connectivity index is 0. The first-order valence-corrected chi connectivity index (χ1v) is 5.38. The van der Waals surface area contributed by atoms with Gasteiger partial charge in [-0.2, -0.15) is 0 Å². The topological polar surface area (TPSA) is 57.2 Å². The van der Waals surface area contributed by atoms with Gasteiger partial charge >= 0.3 is 23.6 Å². The van der Waals surface area contributed by atoms with Crippen LogP contribution in [0.25, 0.3) is 0 Å². The first-order valence-electron chi connectivity index (χ1n) is 5.38. The Morgan fingerprint density at radius 1 is 0.875 bits per heavy atom. The van der Waals surface area contributed by atoms with Crippen molar-refractivity contribution >= 4 is 17.6 Å². The number of aliphatic hydroxyl groups excluding tert-OH is 1. The third kappa shape index (κ3) is 5.61. The maximum atomic E-state index is 9.76. The first-order chi connectivity index (χ1) is 7.16. The summed E-state index contributed by atoms with van der Waals surface area (Å²) in [5, 5.41) is 9.76. The average Bonchev–Trinajstić information content (AvgIpc) is 2.19. The van der Waals surface area contributed by atoms with Crippen LogP contribution in [0.4, 0.5) is 0 Å². The van der Waals surface area contributed by atoms with E-state index in [0.29, 0.717) is 26.4 Å². The molecule has 1 atom stereocenters. The fourth-order valence-electron chi connectivity index (χ4n) is 1.20. The molecule has 0 aromatic carbocycles. The van der Waals surface area contributed by atoms with Gasteiger partial charge in [-0.05, 0) is 27.7 Å². The van der Waals surface area contributed by atoms with Gasteiger partial charge in [0.2, 0.25) is 6.29 Å². The minimum atomic E-state index is -1.51. The Morgan fingerprint density at radius 2 is 1.25 bits per heavy atom. The molecule has 5 nitrogen and oxygen atoms in total. The molecule has 0 aliphatic heterocycles. The van der Waals surface area contributed by atoms with E-state index in [1.807, 2.05) is 0 Å². The standard InChI is InChI=1S/C10H22O5.GeH4/c1-5-12-9(11)10(13-6-2,14-7-3)15-8-4;/h9,11H,5-8H2,1-4H3;1H4. The fourth-order valence-corrected chi connectivity index (χ4v) is 1.20. The average molecular weight is 299 g/mol. The Bertz CT molecular complexity index is 139. The second-order valence-corrected chi connectivity index (χ2v) is 2.71. The monoisotopic (exact) mass is 300 g/mol. The van der Waals surface area contributed by atoms with Crippen LogP contribution < -0.4 is 0 Å². The molecule has 1 unspecified atom stereocenters. The van der Waals surface area contributed by atoms with Crippen LogP contribution in [0.3, 0.4) is 0 Å². The molecule has 0 aliphatic carbocycles. The summed E-state index contributed by atoms with van der Waals surface area (Å²) in [6, 6.07) is 0. The van der Waals surface area contributed by atoms with Crippen LogP contribution >= 0.6 is 0 Å². The normalized spacial score (nSPS) is 13.3. The van der Waals surface area contributed by atoms with Crippen molar-refractivity contribution in [1.29, 1.82) is 0 Å². The predicted octanol–water partition coefficient (Wildman–Crippen LogP) is -0.347. The molecule has 0 rings (SSSR count). The molecule has 100 valence electrons. The summed E-state index contributed by atoms with van der Waals surface area (Å²) in [5.41, 5.74) is 0. The second kappa shape index (κ2) is 10.5. The Morgan fingerprint density at radius 3 is 1.50 bits per heavy atom. The molecular formula is C10H26GeO5. The number of rotatable bonds is 9. The number of hydrogen-bond acceptors (Lipinski definition) is 5. The van der Waals surface area contributed by atoms with E-state index in [1.165, 1.54) is 0 Å². The molecule has 0 radical (unpaired) electrons. The van der Waals surface area contributed by atoms with Gasteiger partial charge in [0.25, 0.3) is 0 Å². The van der Waals surface area contributed by atoms with Gasteiger partial charge in [-0.15, -0.1) is 0 Å². The van der Waals surface area contributed by atoms with Gasteiger partial charge in [0, 0.05) is 26.4 Å². The second-order valence-electron chi connectivity index (χ2n) is 2.71. The van der Waals surface area contributed by atoms with E-state index in [-0.39, 0.29) is 17.6 Å². The molecule has 1 N–H and O–H groups in total. The van der Waals surface area contributed by atoms with Crippen LogP contribution in [-0.2, 0) is 18.9 Å². The maximum absolute atomic E-state index is 9.76. The molecule has 0 bridgehead atoms. The molecule has 0 amide bonds. The van der Waals surface area contributed by atoms with Crippen molar-refractivity contribution in [2.45, 2.75) is 40.0 Å². The van der Waals surface area contributed by atoms with E-state index in [9.17, 15) is 5.11 Å². The molecular weight excluding hydrogens is 273 g/mol. The van der Waals surface area contributed by atoms with Gasteiger partial charge in [0.1, 0.15) is 0 Å². The number of ether oxygens (including phenoxy) is 4. The van der Waals surface area contributed by atoms with Crippen LogP contribution in [0.1, 0.15) is 27.7 Å². The Kier molecular flexibility index (Phi) is 12.3. The van der Waals surface area contributed by atoms with E-state index in [2.05, 4.69) is 0 Å². The van der Waals surface area contributed by atoms with Gasteiger partial charge < -0.3 is 24.1 Å². The zero-order chi connectivity index (χ0) is 11.7. The number of hydrogen-bond donors (Lipinski definition) is 1. The molecule has 0 aromatic rings. The molecule has 0 aromatic heterocycles. The molecule has 0 spiro atoms. The third-order valence-electron chi connectivity index (χ3n) is 1.66. The summed E-state index contributed by atoms with van der Waals surface area (Å²) in [6.45, 7) is 8.62. The van der Waals surface area contributed by atoms with Crippen molar-refractivity contribution in [3.63, 3.8) is 0 Å².